The molecule has 1 saturated carbocycles. The normalized spacial score (nSPS) is 16.0. The van der Waals surface area contributed by atoms with E-state index in [0.29, 0.717) is 17.7 Å². The van der Waals surface area contributed by atoms with Crippen LogP contribution in [-0.2, 0) is 16.8 Å². The first kappa shape index (κ1) is 14.7. The molecule has 0 spiro atoms. The van der Waals surface area contributed by atoms with E-state index in [1.54, 1.807) is 12.1 Å². The van der Waals surface area contributed by atoms with Crippen molar-refractivity contribution in [1.82, 2.24) is 0 Å². The SMILES string of the molecule is Fc1ccc(C2(COCc3ccc(F)c(Br)c3)CC2)cc1. The van der Waals surface area contributed by atoms with Crippen molar-refractivity contribution in [2.75, 3.05) is 6.61 Å². The van der Waals surface area contributed by atoms with Crippen molar-refractivity contribution in [1.29, 1.82) is 0 Å². The van der Waals surface area contributed by atoms with E-state index in [1.807, 2.05) is 12.1 Å². The van der Waals surface area contributed by atoms with E-state index in [2.05, 4.69) is 15.9 Å². The van der Waals surface area contributed by atoms with E-state index in [0.717, 1.165) is 24.0 Å². The Morgan fingerprint density at radius 1 is 1.05 bits per heavy atom. The van der Waals surface area contributed by atoms with Crippen LogP contribution < -0.4 is 0 Å². The Hall–Kier alpha value is -1.26. The standard InChI is InChI=1S/C17H15BrF2O/c18-15-9-12(1-6-16(15)20)10-21-11-17(7-8-17)13-2-4-14(19)5-3-13/h1-6,9H,7-8,10-11H2. The number of halogens is 3. The molecular weight excluding hydrogens is 338 g/mol. The van der Waals surface area contributed by atoms with Crippen LogP contribution in [-0.4, -0.2) is 6.61 Å². The van der Waals surface area contributed by atoms with Gasteiger partial charge in [-0.25, -0.2) is 8.78 Å². The van der Waals surface area contributed by atoms with Crippen molar-refractivity contribution in [3.8, 4) is 0 Å². The third-order valence-electron chi connectivity index (χ3n) is 3.94. The van der Waals surface area contributed by atoms with Crippen LogP contribution in [0.3, 0.4) is 0 Å². The molecular formula is C17H15BrF2O. The maximum absolute atomic E-state index is 13.2. The summed E-state index contributed by atoms with van der Waals surface area (Å²) < 4.78 is 32.4. The van der Waals surface area contributed by atoms with Crippen molar-refractivity contribution in [2.45, 2.75) is 24.9 Å². The molecule has 1 aliphatic rings. The lowest BCUT2D eigenvalue weighted by atomic mass is 9.97. The summed E-state index contributed by atoms with van der Waals surface area (Å²) in [6.45, 7) is 1.05. The highest BCUT2D eigenvalue weighted by molar-refractivity contribution is 9.10. The van der Waals surface area contributed by atoms with Gasteiger partial charge in [0, 0.05) is 5.41 Å². The van der Waals surface area contributed by atoms with Crippen LogP contribution in [0, 0.1) is 11.6 Å². The lowest BCUT2D eigenvalue weighted by Crippen LogP contribution is -2.15. The van der Waals surface area contributed by atoms with Crippen molar-refractivity contribution in [3.63, 3.8) is 0 Å². The predicted molar refractivity (Wildman–Crippen MR) is 81.1 cm³/mol. The number of rotatable bonds is 5. The quantitative estimate of drug-likeness (QED) is 0.737. The zero-order valence-corrected chi connectivity index (χ0v) is 13.0. The smallest absolute Gasteiger partial charge is 0.137 e. The Morgan fingerprint density at radius 3 is 2.38 bits per heavy atom. The van der Waals surface area contributed by atoms with E-state index in [-0.39, 0.29) is 17.0 Å². The van der Waals surface area contributed by atoms with Crippen LogP contribution >= 0.6 is 15.9 Å². The van der Waals surface area contributed by atoms with Crippen LogP contribution in [0.1, 0.15) is 24.0 Å². The van der Waals surface area contributed by atoms with E-state index < -0.39 is 0 Å². The van der Waals surface area contributed by atoms with Gasteiger partial charge < -0.3 is 4.74 Å². The van der Waals surface area contributed by atoms with Gasteiger partial charge in [-0.05, 0) is 64.2 Å². The first-order chi connectivity index (χ1) is 10.1. The fourth-order valence-electron chi connectivity index (χ4n) is 2.46. The number of ether oxygens (including phenoxy) is 1. The molecule has 2 aromatic carbocycles. The van der Waals surface area contributed by atoms with Crippen LogP contribution in [0.5, 0.6) is 0 Å². The summed E-state index contributed by atoms with van der Waals surface area (Å²) in [5.41, 5.74) is 2.09. The zero-order valence-electron chi connectivity index (χ0n) is 11.4. The minimum absolute atomic E-state index is 0.0327. The molecule has 4 heteroatoms. The summed E-state index contributed by atoms with van der Waals surface area (Å²) in [5.74, 6) is -0.490. The molecule has 0 heterocycles. The predicted octanol–water partition coefficient (Wildman–Crippen LogP) is 4.98. The molecule has 0 N–H and O–H groups in total. The van der Waals surface area contributed by atoms with Gasteiger partial charge in [-0.1, -0.05) is 18.2 Å². The second-order valence-corrected chi connectivity index (χ2v) is 6.38. The first-order valence-electron chi connectivity index (χ1n) is 6.87. The Kier molecular flexibility index (Phi) is 4.09. The van der Waals surface area contributed by atoms with Gasteiger partial charge in [-0.2, -0.15) is 0 Å². The highest BCUT2D eigenvalue weighted by Crippen LogP contribution is 2.48. The van der Waals surface area contributed by atoms with Crippen LogP contribution in [0.2, 0.25) is 0 Å². The average molecular weight is 353 g/mol. The largest absolute Gasteiger partial charge is 0.376 e. The van der Waals surface area contributed by atoms with Crippen LogP contribution in [0.25, 0.3) is 0 Å². The third-order valence-corrected chi connectivity index (χ3v) is 4.55. The number of benzene rings is 2. The third kappa shape index (κ3) is 3.33. The second kappa shape index (κ2) is 5.85. The summed E-state index contributed by atoms with van der Waals surface area (Å²) >= 11 is 3.17. The Labute approximate surface area is 131 Å². The highest BCUT2D eigenvalue weighted by Gasteiger charge is 2.44. The van der Waals surface area contributed by atoms with Gasteiger partial charge in [-0.15, -0.1) is 0 Å². The van der Waals surface area contributed by atoms with Gasteiger partial charge in [0.25, 0.3) is 0 Å². The fourth-order valence-corrected chi connectivity index (χ4v) is 2.89. The lowest BCUT2D eigenvalue weighted by Gasteiger charge is -2.16. The van der Waals surface area contributed by atoms with Crippen molar-refractivity contribution in [2.24, 2.45) is 0 Å². The second-order valence-electron chi connectivity index (χ2n) is 5.53. The summed E-state index contributed by atoms with van der Waals surface area (Å²) in [6, 6.07) is 11.5. The maximum Gasteiger partial charge on any atom is 0.137 e. The summed E-state index contributed by atoms with van der Waals surface area (Å²) in [6.07, 6.45) is 2.12. The van der Waals surface area contributed by atoms with E-state index >= 15 is 0 Å². The molecule has 0 unspecified atom stereocenters. The van der Waals surface area contributed by atoms with Crippen molar-refractivity contribution >= 4 is 15.9 Å². The van der Waals surface area contributed by atoms with Gasteiger partial charge in [0.2, 0.25) is 0 Å². The molecule has 0 amide bonds. The summed E-state index contributed by atoms with van der Waals surface area (Å²) in [4.78, 5) is 0. The van der Waals surface area contributed by atoms with Gasteiger partial charge in [0.15, 0.2) is 0 Å². The Morgan fingerprint density at radius 2 is 1.76 bits per heavy atom. The fraction of sp³-hybridized carbons (Fsp3) is 0.294. The zero-order chi connectivity index (χ0) is 14.9. The molecule has 1 fully saturated rings. The van der Waals surface area contributed by atoms with Gasteiger partial charge >= 0.3 is 0 Å². The Bertz CT molecular complexity index is 636. The molecule has 1 aliphatic carbocycles. The first-order valence-corrected chi connectivity index (χ1v) is 7.66. The number of hydrogen-bond acceptors (Lipinski definition) is 1. The van der Waals surface area contributed by atoms with Crippen molar-refractivity contribution in [3.05, 3.63) is 69.7 Å². The molecule has 1 nitrogen and oxygen atoms in total. The van der Waals surface area contributed by atoms with E-state index in [4.69, 9.17) is 4.74 Å². The van der Waals surface area contributed by atoms with Crippen LogP contribution in [0.4, 0.5) is 8.78 Å². The monoisotopic (exact) mass is 352 g/mol. The molecule has 0 aromatic heterocycles. The highest BCUT2D eigenvalue weighted by atomic mass is 79.9. The summed E-state index contributed by atoms with van der Waals surface area (Å²) in [5, 5.41) is 0. The molecule has 0 saturated heterocycles. The van der Waals surface area contributed by atoms with E-state index in [1.165, 1.54) is 18.2 Å². The number of hydrogen-bond donors (Lipinski definition) is 0. The van der Waals surface area contributed by atoms with Gasteiger partial charge in [0.1, 0.15) is 11.6 Å². The Balaban J connectivity index is 1.60. The molecule has 0 radical (unpaired) electrons. The average Bonchev–Trinajstić information content (AvgIpc) is 3.25. The van der Waals surface area contributed by atoms with Gasteiger partial charge in [-0.3, -0.25) is 0 Å². The molecule has 0 aliphatic heterocycles. The molecule has 0 bridgehead atoms. The minimum atomic E-state index is -0.274. The molecule has 0 atom stereocenters. The van der Waals surface area contributed by atoms with E-state index in [9.17, 15) is 8.78 Å². The molecule has 110 valence electrons. The topological polar surface area (TPSA) is 9.23 Å². The molecule has 21 heavy (non-hydrogen) atoms. The van der Waals surface area contributed by atoms with Gasteiger partial charge in [0.05, 0.1) is 17.7 Å². The minimum Gasteiger partial charge on any atom is -0.376 e. The van der Waals surface area contributed by atoms with Crippen molar-refractivity contribution < 1.29 is 13.5 Å². The lowest BCUT2D eigenvalue weighted by molar-refractivity contribution is 0.100. The van der Waals surface area contributed by atoms with Crippen LogP contribution in [0.15, 0.2) is 46.9 Å². The molecule has 3 rings (SSSR count). The molecule has 2 aromatic rings. The summed E-state index contributed by atoms with van der Waals surface area (Å²) in [7, 11) is 0. The maximum atomic E-state index is 13.2.